The van der Waals surface area contributed by atoms with Crippen molar-refractivity contribution >= 4 is 29.6 Å². The molecule has 0 radical (unpaired) electrons. The van der Waals surface area contributed by atoms with E-state index in [0.717, 1.165) is 34.0 Å². The van der Waals surface area contributed by atoms with E-state index in [9.17, 15) is 0 Å². The Bertz CT molecular complexity index is 316. The van der Waals surface area contributed by atoms with E-state index in [1.807, 2.05) is 13.8 Å². The summed E-state index contributed by atoms with van der Waals surface area (Å²) in [5.41, 5.74) is 6.60. The molecule has 0 unspecified atom stereocenters. The second kappa shape index (κ2) is 18.5. The molecule has 0 aromatic rings. The number of allylic oxidation sites excluding steroid dienone is 1. The van der Waals surface area contributed by atoms with E-state index in [0.29, 0.717) is 0 Å². The van der Waals surface area contributed by atoms with Crippen LogP contribution in [0.15, 0.2) is 5.57 Å². The van der Waals surface area contributed by atoms with Gasteiger partial charge in [0.05, 0.1) is 0 Å². The molecule has 0 spiro atoms. The first-order chi connectivity index (χ1) is 11.7. The quantitative estimate of drug-likeness (QED) is 0.267. The maximum Gasteiger partial charge on any atom is -0.0261 e. The van der Waals surface area contributed by atoms with Crippen molar-refractivity contribution in [3.63, 3.8) is 0 Å². The molecule has 4 heteroatoms. The van der Waals surface area contributed by atoms with Crippen molar-refractivity contribution in [3.8, 4) is 0 Å². The molecule has 0 rings (SSSR count). The monoisotopic (exact) mass is 602 g/mol. The first-order valence-corrected chi connectivity index (χ1v) is 17.3. The van der Waals surface area contributed by atoms with Gasteiger partial charge in [0.2, 0.25) is 0 Å². The first kappa shape index (κ1) is 32.1. The second-order valence-electron chi connectivity index (χ2n) is 8.60. The summed E-state index contributed by atoms with van der Waals surface area (Å²) in [6, 6.07) is 0. The van der Waals surface area contributed by atoms with Gasteiger partial charge in [0.25, 0.3) is 0 Å². The van der Waals surface area contributed by atoms with Crippen LogP contribution in [-0.4, -0.2) is 38.1 Å². The molecule has 0 aromatic carbocycles. The third kappa shape index (κ3) is 18.8. The summed E-state index contributed by atoms with van der Waals surface area (Å²) in [5.74, 6) is 0. The zero-order valence-corrected chi connectivity index (χ0v) is 25.0. The molecule has 0 saturated heterocycles. The Kier molecular flexibility index (Phi) is 22.8. The molecule has 0 fully saturated rings. The maximum absolute atomic E-state index is 5.39. The largest absolute Gasteiger partial charge is 0.0988 e. The minimum atomic E-state index is -0.352. The standard InChI is InChI=1S/2C9H21P.C4H6.ClH.Ir/c2*1-7(2)10(8(3)4)9(5)6;1-4(2)3;;/h2*7-9H,1-6H3;1-2H3;1H;/q;;;;+1/p-1. The van der Waals surface area contributed by atoms with E-state index >= 15 is 0 Å². The molecular formula is C22H48ClIrP2. The fraction of sp³-hybridized carbons (Fsp3) is 0.909. The van der Waals surface area contributed by atoms with Crippen molar-refractivity contribution in [3.05, 3.63) is 5.57 Å². The zero-order chi connectivity index (χ0) is 21.6. The van der Waals surface area contributed by atoms with Crippen LogP contribution in [0.4, 0.5) is 0 Å². The van der Waals surface area contributed by atoms with E-state index < -0.39 is 0 Å². The Hall–Kier alpha value is 1.45. The van der Waals surface area contributed by atoms with Gasteiger partial charge in [-0.15, -0.1) is 0 Å². The third-order valence-corrected chi connectivity index (χ3v) is 12.9. The molecule has 0 aliphatic heterocycles. The van der Waals surface area contributed by atoms with Gasteiger partial charge in [0.1, 0.15) is 0 Å². The summed E-state index contributed by atoms with van der Waals surface area (Å²) in [5, 5.41) is 0. The number of hydrogen-bond acceptors (Lipinski definition) is 0. The average Bonchev–Trinajstić information content (AvgIpc) is 2.35. The molecule has 0 aromatic heterocycles. The van der Waals surface area contributed by atoms with Gasteiger partial charge in [-0.25, -0.2) is 0 Å². The molecular weight excluding hydrogens is 554 g/mol. The molecule has 0 saturated carbocycles. The fourth-order valence-electron chi connectivity index (χ4n) is 3.64. The summed E-state index contributed by atoms with van der Waals surface area (Å²) in [6.07, 6.45) is 0. The molecule has 0 heterocycles. The Labute approximate surface area is 181 Å². The zero-order valence-electron chi connectivity index (χ0n) is 20.1. The van der Waals surface area contributed by atoms with Crippen molar-refractivity contribution in [1.29, 1.82) is 0 Å². The van der Waals surface area contributed by atoms with E-state index in [1.54, 1.807) is 0 Å². The van der Waals surface area contributed by atoms with Crippen molar-refractivity contribution < 1.29 is 16.2 Å². The Balaban J connectivity index is -0.000000316. The molecule has 0 aliphatic carbocycles. The third-order valence-electron chi connectivity index (χ3n) is 3.78. The van der Waals surface area contributed by atoms with Crippen LogP contribution in [0.1, 0.15) is 96.9 Å². The summed E-state index contributed by atoms with van der Waals surface area (Å²) in [7, 11) is 5.91. The fourth-order valence-corrected chi connectivity index (χ4v) is 12.3. The van der Waals surface area contributed by atoms with Gasteiger partial charge in [0, 0.05) is 0 Å². The van der Waals surface area contributed by atoms with Gasteiger partial charge >= 0.3 is 49.4 Å². The molecule has 0 aliphatic rings. The summed E-state index contributed by atoms with van der Waals surface area (Å²) in [6.45, 7) is 32.2. The topological polar surface area (TPSA) is 0 Å². The molecule has 0 nitrogen and oxygen atoms in total. The normalized spacial score (nSPS) is 11.5. The van der Waals surface area contributed by atoms with Crippen LogP contribution in [-0.2, 0) is 16.2 Å². The van der Waals surface area contributed by atoms with Crippen molar-refractivity contribution in [2.75, 3.05) is 0 Å². The van der Waals surface area contributed by atoms with Crippen LogP contribution in [0, 0.1) is 0 Å². The molecule has 0 N–H and O–H groups in total. The van der Waals surface area contributed by atoms with Gasteiger partial charge in [-0.3, -0.25) is 0 Å². The van der Waals surface area contributed by atoms with Gasteiger partial charge in [-0.1, -0.05) is 98.9 Å². The molecule has 0 amide bonds. The second-order valence-corrected chi connectivity index (χ2v) is 18.7. The van der Waals surface area contributed by atoms with Crippen LogP contribution in [0.2, 0.25) is 0 Å². The number of hydrogen-bond donors (Lipinski definition) is 0. The van der Waals surface area contributed by atoms with Crippen LogP contribution < -0.4 is 0 Å². The molecule has 0 atom stereocenters. The summed E-state index contributed by atoms with van der Waals surface area (Å²) >= 11 is -0.352. The van der Waals surface area contributed by atoms with Gasteiger partial charge < -0.3 is 0 Å². The van der Waals surface area contributed by atoms with Gasteiger partial charge in [-0.05, 0) is 34.0 Å². The SMILES string of the molecule is CC(C)=[C]=[Ir][Cl].CC(C)P(C(C)C)C(C)C.CC(C)P(C(C)C)C(C)C. The van der Waals surface area contributed by atoms with Crippen LogP contribution in [0.25, 0.3) is 0 Å². The number of rotatable bonds is 6. The van der Waals surface area contributed by atoms with E-state index in [2.05, 4.69) is 87.3 Å². The minimum absolute atomic E-state index is 0.262. The smallest absolute Gasteiger partial charge is 0.0261 e. The minimum Gasteiger partial charge on any atom is -0.0988 e. The Morgan fingerprint density at radius 3 is 0.769 bits per heavy atom. The average molecular weight is 602 g/mol. The van der Waals surface area contributed by atoms with Crippen molar-refractivity contribution in [1.82, 2.24) is 0 Å². The molecule has 0 bridgehead atoms. The van der Waals surface area contributed by atoms with Crippen molar-refractivity contribution in [2.45, 2.75) is 131 Å². The van der Waals surface area contributed by atoms with Crippen molar-refractivity contribution in [2.24, 2.45) is 0 Å². The predicted octanol–water partition coefficient (Wildman–Crippen LogP) is 8.98. The summed E-state index contributed by atoms with van der Waals surface area (Å²) in [4.78, 5) is 0. The number of halogens is 1. The van der Waals surface area contributed by atoms with Gasteiger partial charge in [-0.2, -0.15) is 0 Å². The van der Waals surface area contributed by atoms with Crippen LogP contribution in [0.5, 0.6) is 0 Å². The van der Waals surface area contributed by atoms with E-state index in [-0.39, 0.29) is 32.1 Å². The van der Waals surface area contributed by atoms with Gasteiger partial charge in [0.15, 0.2) is 0 Å². The first-order valence-electron chi connectivity index (χ1n) is 10.0. The van der Waals surface area contributed by atoms with Crippen LogP contribution in [0.3, 0.4) is 0 Å². The predicted molar refractivity (Wildman–Crippen MR) is 130 cm³/mol. The van der Waals surface area contributed by atoms with E-state index in [4.69, 9.17) is 9.58 Å². The Morgan fingerprint density at radius 1 is 0.577 bits per heavy atom. The molecule has 26 heavy (non-hydrogen) atoms. The molecule has 162 valence electrons. The van der Waals surface area contributed by atoms with Crippen LogP contribution >= 0.6 is 25.4 Å². The van der Waals surface area contributed by atoms with E-state index in [1.165, 1.54) is 5.57 Å². The Morgan fingerprint density at radius 2 is 0.769 bits per heavy atom. The summed E-state index contributed by atoms with van der Waals surface area (Å²) < 4.78 is 3.02. The maximum atomic E-state index is 5.39.